The van der Waals surface area contributed by atoms with Gasteiger partial charge in [-0.2, -0.15) is 18.2 Å². The van der Waals surface area contributed by atoms with Crippen LogP contribution in [0.2, 0.25) is 0 Å². The van der Waals surface area contributed by atoms with Crippen LogP contribution in [0.5, 0.6) is 5.75 Å². The maximum Gasteiger partial charge on any atom is 0.471 e. The average molecular weight is 587 g/mol. The number of carbonyl (C=O) groups is 3. The first kappa shape index (κ1) is 28.5. The molecular formula is C25H20F3N7O6. The minimum atomic E-state index is -5.28. The van der Waals surface area contributed by atoms with Crippen molar-refractivity contribution in [1.82, 2.24) is 25.3 Å². The minimum absolute atomic E-state index is 0.0219. The second kappa shape index (κ2) is 11.3. The number of carboxylic acid groups (broad SMARTS) is 1. The summed E-state index contributed by atoms with van der Waals surface area (Å²) in [6.07, 6.45) is -4.35. The number of carbonyl (C=O) groups excluding carboxylic acids is 2. The standard InChI is InChI=1S/C25H20F3N7O6/c26-25(27,28)23(41)35(11-14-10-30-19-18(31-14)21(38)34-24(29)33-19)15-5-3-13(4-6-15)20(37)32-17(22(39)40)9-12-1-7-16(36)8-2-12/h1-8,10,17,36H,9,11H2,(H,32,37)(H,39,40)(H3,29,30,33,34,38)/t17-/m0/s1/i1+2,2+2,7+2,9+2,12+2,16+2,17+2,22+2. The van der Waals surface area contributed by atoms with Gasteiger partial charge in [-0.3, -0.25) is 24.3 Å². The molecular weight excluding hydrogens is 567 g/mol. The smallest absolute Gasteiger partial charge is 0.471 e. The molecule has 2 heterocycles. The van der Waals surface area contributed by atoms with Gasteiger partial charge in [0.1, 0.15) is 11.8 Å². The van der Waals surface area contributed by atoms with Crippen molar-refractivity contribution in [1.29, 1.82) is 0 Å². The number of nitrogens with zero attached hydrogens (tertiary/aromatic N) is 4. The Morgan fingerprint density at radius 2 is 1.95 bits per heavy atom. The SMILES string of the molecule is Nc1nc2ncc(CN(C(=O)C(F)(F)F)c3ccc(C(=O)N[14C@@H]([14CH2][14c]4[14cH]c[14c](O)[14cH][14cH]4)[14C](=O)O)cc3)nc2c(=O)[nH]1. The average Bonchev–Trinajstić information content (AvgIpc) is 2.92. The second-order valence-corrected chi connectivity index (χ2v) is 8.66. The Kier molecular flexibility index (Phi) is 7.84. The summed E-state index contributed by atoms with van der Waals surface area (Å²) < 4.78 is 40.3. The fraction of sp³-hybridized carbons (Fsp3) is 0.160. The van der Waals surface area contributed by atoms with Gasteiger partial charge >= 0.3 is 18.1 Å². The van der Waals surface area contributed by atoms with Crippen LogP contribution < -0.4 is 21.5 Å². The lowest BCUT2D eigenvalue weighted by atomic mass is 10.1. The van der Waals surface area contributed by atoms with Crippen LogP contribution in [0.25, 0.3) is 11.2 Å². The number of phenols is 1. The predicted octanol–water partition coefficient (Wildman–Crippen LogP) is 1.52. The molecule has 2 aromatic heterocycles. The van der Waals surface area contributed by atoms with Gasteiger partial charge in [-0.25, -0.2) is 14.8 Å². The first-order valence-electron chi connectivity index (χ1n) is 11.6. The quantitative estimate of drug-likeness (QED) is 0.201. The van der Waals surface area contributed by atoms with E-state index < -0.39 is 42.1 Å². The summed E-state index contributed by atoms with van der Waals surface area (Å²) in [6.45, 7) is -0.746. The molecule has 13 nitrogen and oxygen atoms in total. The van der Waals surface area contributed by atoms with E-state index in [4.69, 9.17) is 5.73 Å². The number of phenolic OH excluding ortho intramolecular Hbond substituents is 1. The van der Waals surface area contributed by atoms with Gasteiger partial charge in [0.05, 0.1) is 18.4 Å². The zero-order valence-electron chi connectivity index (χ0n) is 20.7. The number of fused-ring (bicyclic) bond motifs is 1. The van der Waals surface area contributed by atoms with Crippen molar-refractivity contribution in [3.63, 3.8) is 0 Å². The summed E-state index contributed by atoms with van der Waals surface area (Å²) in [4.78, 5) is 62.9. The third-order valence-corrected chi connectivity index (χ3v) is 5.71. The lowest BCUT2D eigenvalue weighted by Crippen LogP contribution is -2.42. The topological polar surface area (TPSA) is 204 Å². The number of anilines is 2. The van der Waals surface area contributed by atoms with Gasteiger partial charge in [0.15, 0.2) is 11.2 Å². The van der Waals surface area contributed by atoms with E-state index in [2.05, 4.69) is 25.3 Å². The van der Waals surface area contributed by atoms with Crippen LogP contribution in [0.15, 0.2) is 59.5 Å². The van der Waals surface area contributed by atoms with Crippen molar-refractivity contribution in [2.75, 3.05) is 10.6 Å². The van der Waals surface area contributed by atoms with Gasteiger partial charge in [0.25, 0.3) is 11.5 Å². The molecule has 4 aromatic rings. The molecule has 212 valence electrons. The fourth-order valence-electron chi connectivity index (χ4n) is 3.74. The summed E-state index contributed by atoms with van der Waals surface area (Å²) in [7, 11) is 0. The Morgan fingerprint density at radius 1 is 1.24 bits per heavy atom. The second-order valence-electron chi connectivity index (χ2n) is 8.66. The van der Waals surface area contributed by atoms with Crippen LogP contribution in [0.3, 0.4) is 0 Å². The van der Waals surface area contributed by atoms with Crippen molar-refractivity contribution < 1.29 is 37.8 Å². The molecule has 6 N–H and O–H groups in total. The van der Waals surface area contributed by atoms with E-state index >= 15 is 0 Å². The van der Waals surface area contributed by atoms with E-state index in [9.17, 15) is 42.6 Å². The van der Waals surface area contributed by atoms with Crippen LogP contribution in [-0.4, -0.2) is 60.2 Å². The lowest BCUT2D eigenvalue weighted by molar-refractivity contribution is -0.170. The zero-order chi connectivity index (χ0) is 29.9. The van der Waals surface area contributed by atoms with Crippen molar-refractivity contribution in [2.24, 2.45) is 0 Å². The number of carboxylic acids is 1. The van der Waals surface area contributed by atoms with E-state index in [1.807, 2.05) is 0 Å². The predicted molar refractivity (Wildman–Crippen MR) is 137 cm³/mol. The molecule has 2 aromatic carbocycles. The Morgan fingerprint density at radius 3 is 2.56 bits per heavy atom. The summed E-state index contributed by atoms with van der Waals surface area (Å²) in [5.41, 5.74) is 4.19. The summed E-state index contributed by atoms with van der Waals surface area (Å²) >= 11 is 0. The minimum Gasteiger partial charge on any atom is -0.508 e. The molecule has 0 spiro atoms. The first-order chi connectivity index (χ1) is 19.3. The van der Waals surface area contributed by atoms with Gasteiger partial charge < -0.3 is 21.3 Å². The van der Waals surface area contributed by atoms with Crippen LogP contribution in [0.4, 0.5) is 24.8 Å². The number of aliphatic carboxylic acids is 1. The molecule has 0 fully saturated rings. The van der Waals surface area contributed by atoms with Crippen LogP contribution in [-0.2, 0) is 22.6 Å². The normalized spacial score (nSPS) is 12.1. The first-order valence-corrected chi connectivity index (χ1v) is 11.6. The molecule has 1 atom stereocenters. The summed E-state index contributed by atoms with van der Waals surface area (Å²) in [5.74, 6) is -4.68. The lowest BCUT2D eigenvalue weighted by Gasteiger charge is -2.24. The molecule has 0 bridgehead atoms. The number of aromatic hydroxyl groups is 1. The maximum atomic E-state index is 13.4. The van der Waals surface area contributed by atoms with Gasteiger partial charge in [0.2, 0.25) is 5.95 Å². The third kappa shape index (κ3) is 6.73. The van der Waals surface area contributed by atoms with E-state index in [0.717, 1.165) is 30.5 Å². The Hall–Kier alpha value is -5.54. The molecule has 4 rings (SSSR count). The number of nitrogens with two attached hydrogens (primary N) is 1. The molecule has 2 amide bonds. The van der Waals surface area contributed by atoms with Crippen molar-refractivity contribution in [3.05, 3.63) is 81.9 Å². The highest BCUT2D eigenvalue weighted by Crippen LogP contribution is 2.26. The van der Waals surface area contributed by atoms with Crippen LogP contribution in [0, 0.1) is 0 Å². The highest BCUT2D eigenvalue weighted by molar-refractivity contribution is 5.99. The molecule has 0 aliphatic carbocycles. The number of H-pyrrole nitrogens is 1. The highest BCUT2D eigenvalue weighted by atomic mass is 19.4. The van der Waals surface area contributed by atoms with Crippen molar-refractivity contribution in [3.8, 4) is 5.75 Å². The fourth-order valence-corrected chi connectivity index (χ4v) is 3.74. The molecule has 0 unspecified atom stereocenters. The van der Waals surface area contributed by atoms with Gasteiger partial charge in [-0.05, 0) is 42.0 Å². The van der Waals surface area contributed by atoms with Crippen molar-refractivity contribution >= 4 is 40.6 Å². The molecule has 16 heteroatoms. The number of alkyl halides is 3. The number of aromatic nitrogens is 4. The number of nitrogens with one attached hydrogen (secondary N) is 2. The Balaban J connectivity index is 1.57. The number of halogens is 3. The van der Waals surface area contributed by atoms with Gasteiger partial charge in [-0.15, -0.1) is 0 Å². The monoisotopic (exact) mass is 587 g/mol. The van der Waals surface area contributed by atoms with Gasteiger partial charge in [-0.1, -0.05) is 12.1 Å². The van der Waals surface area contributed by atoms with Crippen LogP contribution in [0.1, 0.15) is 21.6 Å². The molecule has 0 radical (unpaired) electrons. The Bertz CT molecular complexity index is 1670. The van der Waals surface area contributed by atoms with Crippen molar-refractivity contribution in [2.45, 2.75) is 25.2 Å². The van der Waals surface area contributed by atoms with E-state index in [-0.39, 0.29) is 46.2 Å². The molecule has 0 aliphatic rings. The van der Waals surface area contributed by atoms with E-state index in [1.54, 1.807) is 0 Å². The van der Waals surface area contributed by atoms with Crippen LogP contribution >= 0.6 is 0 Å². The number of nitrogen functional groups attached to an aromatic ring is 1. The molecule has 0 saturated heterocycles. The Labute approximate surface area is 227 Å². The number of hydrogen-bond donors (Lipinski definition) is 5. The molecule has 41 heavy (non-hydrogen) atoms. The number of rotatable bonds is 8. The third-order valence-electron chi connectivity index (χ3n) is 5.71. The van der Waals surface area contributed by atoms with E-state index in [1.165, 1.54) is 24.3 Å². The maximum absolute atomic E-state index is 13.4. The molecule has 0 aliphatic heterocycles. The summed E-state index contributed by atoms with van der Waals surface area (Å²) in [5, 5.41) is 21.2. The number of hydrogen-bond acceptors (Lipinski definition) is 9. The number of benzene rings is 2. The van der Waals surface area contributed by atoms with E-state index in [0.29, 0.717) is 10.5 Å². The number of aromatic amines is 1. The summed E-state index contributed by atoms with van der Waals surface area (Å²) in [6, 6.07) is 8.70. The zero-order valence-corrected chi connectivity index (χ0v) is 20.7. The highest BCUT2D eigenvalue weighted by Gasteiger charge is 2.43. The largest absolute Gasteiger partial charge is 0.508 e. The van der Waals surface area contributed by atoms with Gasteiger partial charge in [0, 0.05) is 17.7 Å². The number of amides is 2. The molecule has 0 saturated carbocycles.